The predicted octanol–water partition coefficient (Wildman–Crippen LogP) is -2.57. The molecule has 0 spiro atoms. The van der Waals surface area contributed by atoms with Gasteiger partial charge in [-0.1, -0.05) is 0 Å². The SMILES string of the molecule is [2H]C([2H])(O)[C@H]1O[C@@H](OC)[C@]([2H])(O)[C@@]([2H])(O)[C@]1([2H])O. The fourth-order valence-corrected chi connectivity index (χ4v) is 0.878. The normalized spacial score (nSPS) is 70.1. The molecule has 0 saturated carbocycles. The first-order valence-corrected chi connectivity index (χ1v) is 3.38. The summed E-state index contributed by atoms with van der Waals surface area (Å²) in [6.07, 6.45) is -14.8. The molecule has 1 fully saturated rings. The van der Waals surface area contributed by atoms with E-state index in [0.717, 1.165) is 7.11 Å². The Labute approximate surface area is 82.4 Å². The van der Waals surface area contributed by atoms with Crippen LogP contribution in [0, 0.1) is 0 Å². The number of aliphatic hydroxyl groups is 4. The average Bonchev–Trinajstić information content (AvgIpc) is 2.13. The van der Waals surface area contributed by atoms with Crippen LogP contribution in [-0.4, -0.2) is 64.7 Å². The molecule has 1 aliphatic rings. The molecule has 1 saturated heterocycles. The number of hydrogen-bond donors (Lipinski definition) is 4. The first kappa shape index (κ1) is 5.59. The van der Waals surface area contributed by atoms with E-state index in [9.17, 15) is 15.3 Å². The monoisotopic (exact) mass is 199 g/mol. The van der Waals surface area contributed by atoms with Crippen molar-refractivity contribution in [2.24, 2.45) is 0 Å². The van der Waals surface area contributed by atoms with Crippen molar-refractivity contribution in [1.82, 2.24) is 0 Å². The molecular weight excluding hydrogens is 180 g/mol. The minimum absolute atomic E-state index is 0.929. The summed E-state index contributed by atoms with van der Waals surface area (Å²) < 4.78 is 44.9. The van der Waals surface area contributed by atoms with Crippen molar-refractivity contribution < 1.29 is 36.8 Å². The lowest BCUT2D eigenvalue weighted by Gasteiger charge is -2.38. The lowest BCUT2D eigenvalue weighted by Crippen LogP contribution is -2.58. The van der Waals surface area contributed by atoms with Crippen molar-refractivity contribution in [3.05, 3.63) is 0 Å². The Hall–Kier alpha value is -0.240. The molecule has 0 aliphatic carbocycles. The molecule has 1 rings (SSSR count). The van der Waals surface area contributed by atoms with Gasteiger partial charge in [0, 0.05) is 7.11 Å². The number of ether oxygens (including phenoxy) is 2. The van der Waals surface area contributed by atoms with Crippen molar-refractivity contribution in [1.29, 1.82) is 0 Å². The second-order valence-electron chi connectivity index (χ2n) is 2.33. The molecule has 78 valence electrons. The van der Waals surface area contributed by atoms with E-state index in [0.29, 0.717) is 0 Å². The van der Waals surface area contributed by atoms with Gasteiger partial charge >= 0.3 is 0 Å². The lowest BCUT2D eigenvalue weighted by molar-refractivity contribution is -0.294. The van der Waals surface area contributed by atoms with Crippen LogP contribution in [0.25, 0.3) is 0 Å². The molecule has 13 heavy (non-hydrogen) atoms. The molecular formula is C7H14O6. The zero-order valence-electron chi connectivity index (χ0n) is 11.8. The Morgan fingerprint density at radius 2 is 2.00 bits per heavy atom. The van der Waals surface area contributed by atoms with Crippen molar-refractivity contribution >= 4 is 0 Å². The summed E-state index contributed by atoms with van der Waals surface area (Å²) >= 11 is 0. The quantitative estimate of drug-likeness (QED) is 0.390. The summed E-state index contributed by atoms with van der Waals surface area (Å²) in [4.78, 5) is 0. The van der Waals surface area contributed by atoms with Gasteiger partial charge in [-0.3, -0.25) is 0 Å². The Kier molecular flexibility index (Phi) is 1.86. The maximum Gasteiger partial charge on any atom is 0.186 e. The third-order valence-electron chi connectivity index (χ3n) is 1.55. The highest BCUT2D eigenvalue weighted by Gasteiger charge is 2.43. The molecule has 0 unspecified atom stereocenters. The molecule has 0 aromatic rings. The third-order valence-corrected chi connectivity index (χ3v) is 1.55. The van der Waals surface area contributed by atoms with Crippen molar-refractivity contribution in [2.75, 3.05) is 13.7 Å². The van der Waals surface area contributed by atoms with E-state index in [1.807, 2.05) is 0 Å². The Balaban J connectivity index is 3.32. The molecule has 0 aromatic heterocycles. The Bertz CT molecular complexity index is 327. The van der Waals surface area contributed by atoms with E-state index >= 15 is 0 Å². The number of hydrogen-bond acceptors (Lipinski definition) is 6. The van der Waals surface area contributed by atoms with Crippen LogP contribution in [0.15, 0.2) is 0 Å². The van der Waals surface area contributed by atoms with Crippen LogP contribution in [0.2, 0.25) is 0 Å². The van der Waals surface area contributed by atoms with Crippen molar-refractivity contribution in [3.8, 4) is 0 Å². The predicted molar refractivity (Wildman–Crippen MR) is 40.8 cm³/mol. The van der Waals surface area contributed by atoms with Crippen molar-refractivity contribution in [3.63, 3.8) is 0 Å². The topological polar surface area (TPSA) is 99.4 Å². The molecule has 0 amide bonds. The summed E-state index contributed by atoms with van der Waals surface area (Å²) in [6.45, 7) is -3.31. The Morgan fingerprint density at radius 1 is 1.38 bits per heavy atom. The molecule has 6 nitrogen and oxygen atoms in total. The summed E-state index contributed by atoms with van der Waals surface area (Å²) in [6, 6.07) is 0. The van der Waals surface area contributed by atoms with E-state index in [2.05, 4.69) is 9.47 Å². The first-order chi connectivity index (χ1) is 7.80. The average molecular weight is 199 g/mol. The van der Waals surface area contributed by atoms with E-state index in [1.165, 1.54) is 0 Å². The summed E-state index contributed by atoms with van der Waals surface area (Å²) in [5.41, 5.74) is 0. The van der Waals surface area contributed by atoms with E-state index < -0.39 is 37.2 Å². The zero-order chi connectivity index (χ0) is 14.6. The highest BCUT2D eigenvalue weighted by atomic mass is 16.7. The van der Waals surface area contributed by atoms with Crippen LogP contribution in [0.5, 0.6) is 0 Å². The molecule has 0 aromatic carbocycles. The van der Waals surface area contributed by atoms with E-state index in [4.69, 9.17) is 12.0 Å². The standard InChI is InChI=1S/C7H14O6/c1-12-7-6(11)5(10)4(9)3(2-8)13-7/h3-11H,2H2,1H3/t3-,4-,5+,6-,7-/m1/s1/i2D2,4D,5D,6D. The van der Waals surface area contributed by atoms with Crippen molar-refractivity contribution in [2.45, 2.75) is 30.6 Å². The molecule has 1 heterocycles. The summed E-state index contributed by atoms with van der Waals surface area (Å²) in [7, 11) is 0.929. The second kappa shape index (κ2) is 4.32. The van der Waals surface area contributed by atoms with Crippen LogP contribution in [0.3, 0.4) is 0 Å². The van der Waals surface area contributed by atoms with Crippen LogP contribution >= 0.6 is 0 Å². The molecule has 0 bridgehead atoms. The zero-order valence-corrected chi connectivity index (χ0v) is 6.76. The molecule has 4 N–H and O–H groups in total. The third kappa shape index (κ3) is 1.98. The van der Waals surface area contributed by atoms with Gasteiger partial charge in [0.15, 0.2) is 6.29 Å². The maximum atomic E-state index is 9.62. The van der Waals surface area contributed by atoms with Crippen LogP contribution in [-0.2, 0) is 9.47 Å². The fraction of sp³-hybridized carbons (Fsp3) is 1.00. The molecule has 0 radical (unpaired) electrons. The lowest BCUT2D eigenvalue weighted by atomic mass is 9.99. The number of rotatable bonds is 2. The van der Waals surface area contributed by atoms with Crippen LogP contribution < -0.4 is 0 Å². The van der Waals surface area contributed by atoms with Crippen LogP contribution in [0.1, 0.15) is 6.85 Å². The van der Waals surface area contributed by atoms with Gasteiger partial charge in [-0.25, -0.2) is 0 Å². The largest absolute Gasteiger partial charge is 0.394 e. The molecule has 6 heteroatoms. The Morgan fingerprint density at radius 3 is 2.46 bits per heavy atom. The highest BCUT2D eigenvalue weighted by Crippen LogP contribution is 2.20. The van der Waals surface area contributed by atoms with Gasteiger partial charge in [-0.05, 0) is 0 Å². The van der Waals surface area contributed by atoms with Crippen LogP contribution in [0.4, 0.5) is 0 Å². The van der Waals surface area contributed by atoms with Gasteiger partial charge in [-0.15, -0.1) is 0 Å². The van der Waals surface area contributed by atoms with Gasteiger partial charge in [0.05, 0.1) is 13.4 Å². The van der Waals surface area contributed by atoms with Gasteiger partial charge in [0.1, 0.15) is 24.3 Å². The first-order valence-electron chi connectivity index (χ1n) is 5.88. The van der Waals surface area contributed by atoms with Gasteiger partial charge in [-0.2, -0.15) is 0 Å². The summed E-state index contributed by atoms with van der Waals surface area (Å²) in [5.74, 6) is 0. The minimum atomic E-state index is -3.58. The highest BCUT2D eigenvalue weighted by molar-refractivity contribution is 4.88. The minimum Gasteiger partial charge on any atom is -0.394 e. The van der Waals surface area contributed by atoms with Gasteiger partial charge in [0.2, 0.25) is 0 Å². The smallest absolute Gasteiger partial charge is 0.186 e. The van der Waals surface area contributed by atoms with E-state index in [1.54, 1.807) is 0 Å². The summed E-state index contributed by atoms with van der Waals surface area (Å²) in [5, 5.41) is 37.9. The van der Waals surface area contributed by atoms with E-state index in [-0.39, 0.29) is 0 Å². The van der Waals surface area contributed by atoms with Gasteiger partial charge < -0.3 is 29.9 Å². The second-order valence-corrected chi connectivity index (χ2v) is 2.33. The maximum absolute atomic E-state index is 9.62. The molecule has 5 atom stereocenters. The fourth-order valence-electron chi connectivity index (χ4n) is 0.878. The molecule has 1 aliphatic heterocycles. The van der Waals surface area contributed by atoms with Gasteiger partial charge in [0.25, 0.3) is 0 Å². The number of methoxy groups -OCH3 is 1.